The molecule has 0 heterocycles. The van der Waals surface area contributed by atoms with Gasteiger partial charge in [-0.2, -0.15) is 0 Å². The van der Waals surface area contributed by atoms with Gasteiger partial charge in [0.25, 0.3) is 10.0 Å². The van der Waals surface area contributed by atoms with Crippen LogP contribution in [0.3, 0.4) is 0 Å². The van der Waals surface area contributed by atoms with Crippen molar-refractivity contribution in [2.75, 3.05) is 4.72 Å². The normalized spacial score (nSPS) is 11.7. The Bertz CT molecular complexity index is 753. The standard InChI is InChI=1S/C17H20FNO2S/c1-12(2)10-14-5-8-16(9-6-14)22(20,21)19-17-11-15(18)7-4-13(17)3/h4-9,11-12,19H,10H2,1-3H3. The van der Waals surface area contributed by atoms with E-state index in [2.05, 4.69) is 18.6 Å². The van der Waals surface area contributed by atoms with Crippen molar-refractivity contribution in [1.29, 1.82) is 0 Å². The molecule has 0 atom stereocenters. The molecule has 5 heteroatoms. The van der Waals surface area contributed by atoms with E-state index in [-0.39, 0.29) is 10.6 Å². The van der Waals surface area contributed by atoms with Crippen LogP contribution in [0, 0.1) is 18.7 Å². The van der Waals surface area contributed by atoms with Gasteiger partial charge in [-0.3, -0.25) is 4.72 Å². The summed E-state index contributed by atoms with van der Waals surface area (Å²) in [5.41, 5.74) is 2.02. The number of halogens is 1. The molecule has 0 unspecified atom stereocenters. The van der Waals surface area contributed by atoms with Gasteiger partial charge in [-0.1, -0.05) is 32.0 Å². The zero-order valence-electron chi connectivity index (χ0n) is 12.9. The minimum absolute atomic E-state index is 0.170. The number of aryl methyl sites for hydroxylation is 1. The van der Waals surface area contributed by atoms with Crippen molar-refractivity contribution in [3.63, 3.8) is 0 Å². The number of anilines is 1. The predicted octanol–water partition coefficient (Wildman–Crippen LogP) is 4.13. The van der Waals surface area contributed by atoms with Gasteiger partial charge in [0.15, 0.2) is 0 Å². The first-order chi connectivity index (χ1) is 10.3. The summed E-state index contributed by atoms with van der Waals surface area (Å²) in [5.74, 6) is 0.0334. The Kier molecular flexibility index (Phi) is 4.86. The van der Waals surface area contributed by atoms with E-state index in [1.54, 1.807) is 25.1 Å². The van der Waals surface area contributed by atoms with Crippen LogP contribution >= 0.6 is 0 Å². The topological polar surface area (TPSA) is 46.2 Å². The second kappa shape index (κ2) is 6.48. The summed E-state index contributed by atoms with van der Waals surface area (Å²) in [5, 5.41) is 0. The first kappa shape index (κ1) is 16.5. The van der Waals surface area contributed by atoms with Crippen LogP contribution in [0.2, 0.25) is 0 Å². The van der Waals surface area contributed by atoms with E-state index in [1.807, 2.05) is 12.1 Å². The Labute approximate surface area is 131 Å². The van der Waals surface area contributed by atoms with E-state index in [0.29, 0.717) is 11.5 Å². The fourth-order valence-corrected chi connectivity index (χ4v) is 3.31. The third-order valence-corrected chi connectivity index (χ3v) is 4.70. The van der Waals surface area contributed by atoms with Gasteiger partial charge in [-0.15, -0.1) is 0 Å². The third-order valence-electron chi connectivity index (χ3n) is 3.32. The zero-order valence-corrected chi connectivity index (χ0v) is 13.7. The summed E-state index contributed by atoms with van der Waals surface area (Å²) in [6, 6.07) is 10.8. The maximum Gasteiger partial charge on any atom is 0.261 e. The second-order valence-electron chi connectivity index (χ2n) is 5.81. The van der Waals surface area contributed by atoms with E-state index in [1.165, 1.54) is 12.1 Å². The molecule has 0 spiro atoms. The fourth-order valence-electron chi connectivity index (χ4n) is 2.18. The molecule has 1 N–H and O–H groups in total. The molecule has 0 amide bonds. The van der Waals surface area contributed by atoms with Crippen LogP contribution < -0.4 is 4.72 Å². The van der Waals surface area contributed by atoms with Gasteiger partial charge in [-0.25, -0.2) is 12.8 Å². The van der Waals surface area contributed by atoms with Crippen LogP contribution in [-0.4, -0.2) is 8.42 Å². The summed E-state index contributed by atoms with van der Waals surface area (Å²) in [7, 11) is -3.71. The SMILES string of the molecule is Cc1ccc(F)cc1NS(=O)(=O)c1ccc(CC(C)C)cc1. The Morgan fingerprint density at radius 2 is 1.73 bits per heavy atom. The van der Waals surface area contributed by atoms with Gasteiger partial charge in [0.1, 0.15) is 5.82 Å². The van der Waals surface area contributed by atoms with Gasteiger partial charge in [0.05, 0.1) is 10.6 Å². The van der Waals surface area contributed by atoms with Gasteiger partial charge >= 0.3 is 0 Å². The molecular weight excluding hydrogens is 301 g/mol. The smallest absolute Gasteiger partial charge is 0.261 e. The van der Waals surface area contributed by atoms with Crippen LogP contribution in [0.1, 0.15) is 25.0 Å². The van der Waals surface area contributed by atoms with E-state index in [0.717, 1.165) is 12.0 Å². The minimum Gasteiger partial charge on any atom is -0.279 e. The summed E-state index contributed by atoms with van der Waals surface area (Å²) in [6.07, 6.45) is 0.900. The van der Waals surface area contributed by atoms with Crippen LogP contribution in [0.25, 0.3) is 0 Å². The van der Waals surface area contributed by atoms with E-state index in [9.17, 15) is 12.8 Å². The van der Waals surface area contributed by atoms with E-state index >= 15 is 0 Å². The highest BCUT2D eigenvalue weighted by molar-refractivity contribution is 7.92. The third kappa shape index (κ3) is 4.07. The molecule has 0 fully saturated rings. The number of rotatable bonds is 5. The Morgan fingerprint density at radius 1 is 1.09 bits per heavy atom. The zero-order chi connectivity index (χ0) is 16.3. The summed E-state index contributed by atoms with van der Waals surface area (Å²) < 4.78 is 40.4. The highest BCUT2D eigenvalue weighted by Crippen LogP contribution is 2.21. The van der Waals surface area contributed by atoms with Crippen LogP contribution in [0.4, 0.5) is 10.1 Å². The first-order valence-corrected chi connectivity index (χ1v) is 8.64. The van der Waals surface area contributed by atoms with Crippen molar-refractivity contribution in [3.05, 3.63) is 59.4 Å². The molecule has 0 aliphatic carbocycles. The van der Waals surface area contributed by atoms with Gasteiger partial charge in [-0.05, 0) is 54.7 Å². The van der Waals surface area contributed by atoms with Gasteiger partial charge in [0, 0.05) is 0 Å². The molecular formula is C17H20FNO2S. The average Bonchev–Trinajstić information content (AvgIpc) is 2.42. The quantitative estimate of drug-likeness (QED) is 0.900. The van der Waals surface area contributed by atoms with Crippen LogP contribution in [-0.2, 0) is 16.4 Å². The largest absolute Gasteiger partial charge is 0.279 e. The van der Waals surface area contributed by atoms with E-state index < -0.39 is 15.8 Å². The van der Waals surface area contributed by atoms with Crippen molar-refractivity contribution < 1.29 is 12.8 Å². The average molecular weight is 321 g/mol. The predicted molar refractivity (Wildman–Crippen MR) is 86.9 cm³/mol. The maximum atomic E-state index is 13.3. The number of nitrogens with one attached hydrogen (secondary N) is 1. The Morgan fingerprint density at radius 3 is 2.32 bits per heavy atom. The van der Waals surface area contributed by atoms with Crippen molar-refractivity contribution in [1.82, 2.24) is 0 Å². The number of benzene rings is 2. The van der Waals surface area contributed by atoms with Crippen molar-refractivity contribution >= 4 is 15.7 Å². The molecule has 0 saturated heterocycles. The monoisotopic (exact) mass is 321 g/mol. The lowest BCUT2D eigenvalue weighted by Gasteiger charge is -2.11. The molecule has 2 aromatic rings. The molecule has 0 aliphatic heterocycles. The summed E-state index contributed by atoms with van der Waals surface area (Å²) >= 11 is 0. The van der Waals surface area contributed by atoms with Gasteiger partial charge < -0.3 is 0 Å². The Hall–Kier alpha value is -1.88. The highest BCUT2D eigenvalue weighted by Gasteiger charge is 2.15. The summed E-state index contributed by atoms with van der Waals surface area (Å²) in [4.78, 5) is 0.170. The molecule has 118 valence electrons. The number of sulfonamides is 1. The molecule has 0 aromatic heterocycles. The van der Waals surface area contributed by atoms with Crippen molar-refractivity contribution in [2.45, 2.75) is 32.1 Å². The Balaban J connectivity index is 2.25. The molecule has 22 heavy (non-hydrogen) atoms. The molecule has 0 radical (unpaired) electrons. The van der Waals surface area contributed by atoms with Crippen LogP contribution in [0.5, 0.6) is 0 Å². The first-order valence-electron chi connectivity index (χ1n) is 7.16. The number of hydrogen-bond acceptors (Lipinski definition) is 2. The molecule has 2 aromatic carbocycles. The van der Waals surface area contributed by atoms with Crippen LogP contribution in [0.15, 0.2) is 47.4 Å². The lowest BCUT2D eigenvalue weighted by molar-refractivity contribution is 0.601. The van der Waals surface area contributed by atoms with E-state index in [4.69, 9.17) is 0 Å². The lowest BCUT2D eigenvalue weighted by Crippen LogP contribution is -2.14. The highest BCUT2D eigenvalue weighted by atomic mass is 32.2. The molecule has 3 nitrogen and oxygen atoms in total. The fraction of sp³-hybridized carbons (Fsp3) is 0.294. The lowest BCUT2D eigenvalue weighted by atomic mass is 10.0. The molecule has 0 aliphatic rings. The molecule has 0 saturated carbocycles. The minimum atomic E-state index is -3.71. The van der Waals surface area contributed by atoms with Gasteiger partial charge in [0.2, 0.25) is 0 Å². The molecule has 2 rings (SSSR count). The van der Waals surface area contributed by atoms with Crippen molar-refractivity contribution in [2.24, 2.45) is 5.92 Å². The number of hydrogen-bond donors (Lipinski definition) is 1. The second-order valence-corrected chi connectivity index (χ2v) is 7.49. The van der Waals surface area contributed by atoms with Crippen molar-refractivity contribution in [3.8, 4) is 0 Å². The molecule has 0 bridgehead atoms. The maximum absolute atomic E-state index is 13.3. The summed E-state index contributed by atoms with van der Waals surface area (Å²) in [6.45, 7) is 5.95.